The van der Waals surface area contributed by atoms with Gasteiger partial charge in [-0.1, -0.05) is 49.4 Å². The molecule has 0 radical (unpaired) electrons. The third-order valence-corrected chi connectivity index (χ3v) is 5.32. The first-order valence-corrected chi connectivity index (χ1v) is 8.22. The summed E-state index contributed by atoms with van der Waals surface area (Å²) >= 11 is 5.94. The Kier molecular flexibility index (Phi) is 4.65. The Bertz CT molecular complexity index is 493. The van der Waals surface area contributed by atoms with Crippen molar-refractivity contribution in [3.05, 3.63) is 29.3 Å². The number of benzene rings is 1. The van der Waals surface area contributed by atoms with Crippen molar-refractivity contribution in [2.45, 2.75) is 49.5 Å². The fourth-order valence-electron chi connectivity index (χ4n) is 2.34. The van der Waals surface area contributed by atoms with Gasteiger partial charge in [-0.05, 0) is 25.0 Å². The smallest absolute Gasteiger partial charge is 0.208 e. The Morgan fingerprint density at radius 2 is 1.67 bits per heavy atom. The first-order chi connectivity index (χ1) is 8.59. The Morgan fingerprint density at radius 3 is 2.28 bits per heavy atom. The van der Waals surface area contributed by atoms with Crippen LogP contribution in [0.3, 0.4) is 0 Å². The highest BCUT2D eigenvalue weighted by Crippen LogP contribution is 2.23. The normalized spacial score (nSPS) is 18.5. The van der Waals surface area contributed by atoms with Gasteiger partial charge in [0.1, 0.15) is 4.90 Å². The molecule has 1 saturated carbocycles. The maximum Gasteiger partial charge on any atom is 0.242 e. The van der Waals surface area contributed by atoms with Gasteiger partial charge >= 0.3 is 0 Å². The molecule has 1 aromatic carbocycles. The van der Waals surface area contributed by atoms with E-state index in [4.69, 9.17) is 11.6 Å². The van der Waals surface area contributed by atoms with Crippen LogP contribution in [0.1, 0.15) is 38.5 Å². The molecule has 0 atom stereocenters. The zero-order valence-electron chi connectivity index (χ0n) is 10.2. The molecular formula is C13H18ClNO2S. The zero-order chi connectivity index (χ0) is 13.0. The second kappa shape index (κ2) is 6.04. The van der Waals surface area contributed by atoms with Gasteiger partial charge in [0.15, 0.2) is 0 Å². The van der Waals surface area contributed by atoms with Crippen LogP contribution in [0, 0.1) is 0 Å². The highest BCUT2D eigenvalue weighted by atomic mass is 35.5. The molecule has 5 heteroatoms. The van der Waals surface area contributed by atoms with Gasteiger partial charge in [-0.2, -0.15) is 0 Å². The van der Waals surface area contributed by atoms with E-state index in [1.807, 2.05) is 0 Å². The van der Waals surface area contributed by atoms with Crippen LogP contribution in [-0.2, 0) is 10.0 Å². The quantitative estimate of drug-likeness (QED) is 0.867. The van der Waals surface area contributed by atoms with E-state index in [0.717, 1.165) is 25.7 Å². The first kappa shape index (κ1) is 13.8. The van der Waals surface area contributed by atoms with Crippen molar-refractivity contribution < 1.29 is 8.42 Å². The van der Waals surface area contributed by atoms with Crippen LogP contribution in [0.2, 0.25) is 5.02 Å². The van der Waals surface area contributed by atoms with Crippen LogP contribution in [-0.4, -0.2) is 14.5 Å². The van der Waals surface area contributed by atoms with Gasteiger partial charge in [0.25, 0.3) is 0 Å². The third kappa shape index (κ3) is 3.46. The average molecular weight is 288 g/mol. The number of hydrogen-bond acceptors (Lipinski definition) is 2. The van der Waals surface area contributed by atoms with Gasteiger partial charge in [-0.25, -0.2) is 13.1 Å². The molecule has 0 spiro atoms. The van der Waals surface area contributed by atoms with Crippen LogP contribution in [0.5, 0.6) is 0 Å². The van der Waals surface area contributed by atoms with E-state index >= 15 is 0 Å². The van der Waals surface area contributed by atoms with Crippen LogP contribution in [0.15, 0.2) is 29.2 Å². The predicted molar refractivity (Wildman–Crippen MR) is 73.3 cm³/mol. The van der Waals surface area contributed by atoms with Crippen LogP contribution in [0.25, 0.3) is 0 Å². The maximum absolute atomic E-state index is 12.2. The molecule has 18 heavy (non-hydrogen) atoms. The highest BCUT2D eigenvalue weighted by Gasteiger charge is 2.22. The van der Waals surface area contributed by atoms with Gasteiger partial charge in [0.05, 0.1) is 5.02 Å². The summed E-state index contributed by atoms with van der Waals surface area (Å²) in [7, 11) is -3.49. The Labute approximate surface area is 114 Å². The summed E-state index contributed by atoms with van der Waals surface area (Å²) in [4.78, 5) is 0.177. The topological polar surface area (TPSA) is 46.2 Å². The van der Waals surface area contributed by atoms with Crippen molar-refractivity contribution in [1.82, 2.24) is 4.72 Å². The van der Waals surface area contributed by atoms with E-state index < -0.39 is 10.0 Å². The standard InChI is InChI=1S/C13H18ClNO2S/c14-12-9-5-6-10-13(12)18(16,17)15-11-7-3-1-2-4-8-11/h5-6,9-11,15H,1-4,7-8H2. The van der Waals surface area contributed by atoms with Crippen molar-refractivity contribution in [1.29, 1.82) is 0 Å². The van der Waals surface area contributed by atoms with E-state index in [9.17, 15) is 8.42 Å². The molecule has 1 aromatic rings. The molecule has 1 N–H and O–H groups in total. The predicted octanol–water partition coefficient (Wildman–Crippen LogP) is 3.34. The summed E-state index contributed by atoms with van der Waals surface area (Å²) in [5, 5.41) is 0.277. The molecule has 1 fully saturated rings. The summed E-state index contributed by atoms with van der Waals surface area (Å²) in [6.07, 6.45) is 6.42. The summed E-state index contributed by atoms with van der Waals surface area (Å²) in [5.74, 6) is 0. The van der Waals surface area contributed by atoms with Crippen molar-refractivity contribution >= 4 is 21.6 Å². The number of hydrogen-bond donors (Lipinski definition) is 1. The van der Waals surface area contributed by atoms with Gasteiger partial charge in [-0.15, -0.1) is 0 Å². The Morgan fingerprint density at radius 1 is 1.06 bits per heavy atom. The lowest BCUT2D eigenvalue weighted by atomic mass is 10.1. The number of halogens is 1. The number of sulfonamides is 1. The molecule has 1 aliphatic rings. The van der Waals surface area contributed by atoms with Gasteiger partial charge in [-0.3, -0.25) is 0 Å². The molecule has 0 aliphatic heterocycles. The summed E-state index contributed by atoms with van der Waals surface area (Å²) in [5.41, 5.74) is 0. The van der Waals surface area contributed by atoms with Gasteiger partial charge in [0.2, 0.25) is 10.0 Å². The molecule has 1 aliphatic carbocycles. The molecule has 2 rings (SSSR count). The van der Waals surface area contributed by atoms with Gasteiger partial charge < -0.3 is 0 Å². The fraction of sp³-hybridized carbons (Fsp3) is 0.538. The lowest BCUT2D eigenvalue weighted by Crippen LogP contribution is -2.34. The molecule has 0 heterocycles. The molecule has 0 amide bonds. The lowest BCUT2D eigenvalue weighted by molar-refractivity contribution is 0.510. The van der Waals surface area contributed by atoms with Crippen LogP contribution in [0.4, 0.5) is 0 Å². The molecule has 0 unspecified atom stereocenters. The van der Waals surface area contributed by atoms with Crippen molar-refractivity contribution in [2.75, 3.05) is 0 Å². The maximum atomic E-state index is 12.2. The largest absolute Gasteiger partial charge is 0.242 e. The minimum atomic E-state index is -3.49. The molecular weight excluding hydrogens is 270 g/mol. The Hall–Kier alpha value is -0.580. The minimum Gasteiger partial charge on any atom is -0.208 e. The molecule has 3 nitrogen and oxygen atoms in total. The van der Waals surface area contributed by atoms with Crippen LogP contribution < -0.4 is 4.72 Å². The van der Waals surface area contributed by atoms with E-state index in [2.05, 4.69) is 4.72 Å². The monoisotopic (exact) mass is 287 g/mol. The zero-order valence-corrected chi connectivity index (χ0v) is 11.8. The number of rotatable bonds is 3. The second-order valence-corrected chi connectivity index (χ2v) is 6.83. The number of nitrogens with one attached hydrogen (secondary N) is 1. The molecule has 0 saturated heterocycles. The lowest BCUT2D eigenvalue weighted by Gasteiger charge is -2.16. The second-order valence-electron chi connectivity index (χ2n) is 4.74. The summed E-state index contributed by atoms with van der Waals surface area (Å²) < 4.78 is 27.3. The fourth-order valence-corrected chi connectivity index (χ4v) is 4.17. The molecule has 0 aromatic heterocycles. The molecule has 100 valence electrons. The summed E-state index contributed by atoms with van der Waals surface area (Å²) in [6, 6.07) is 6.61. The first-order valence-electron chi connectivity index (χ1n) is 6.36. The van der Waals surface area contributed by atoms with Crippen molar-refractivity contribution in [2.24, 2.45) is 0 Å². The SMILES string of the molecule is O=S(=O)(NC1CCCCCC1)c1ccccc1Cl. The van der Waals surface area contributed by atoms with E-state index in [-0.39, 0.29) is 16.0 Å². The third-order valence-electron chi connectivity index (χ3n) is 3.30. The highest BCUT2D eigenvalue weighted by molar-refractivity contribution is 7.89. The average Bonchev–Trinajstić information content (AvgIpc) is 2.57. The minimum absolute atomic E-state index is 0.0498. The van der Waals surface area contributed by atoms with Crippen molar-refractivity contribution in [3.63, 3.8) is 0 Å². The van der Waals surface area contributed by atoms with Crippen molar-refractivity contribution in [3.8, 4) is 0 Å². The molecule has 0 bridgehead atoms. The van der Waals surface area contributed by atoms with E-state index in [1.165, 1.54) is 12.8 Å². The van der Waals surface area contributed by atoms with Crippen LogP contribution >= 0.6 is 11.6 Å². The Balaban J connectivity index is 2.14. The van der Waals surface area contributed by atoms with Gasteiger partial charge in [0, 0.05) is 6.04 Å². The summed E-state index contributed by atoms with van der Waals surface area (Å²) in [6.45, 7) is 0. The van der Waals surface area contributed by atoms with E-state index in [0.29, 0.717) is 0 Å². The van der Waals surface area contributed by atoms with E-state index in [1.54, 1.807) is 24.3 Å².